The standard InChI is InChI=1S/C26H26F3NO6S/c1-17(2)30(25(31)19-12-22(34-3)15-23(13-19)35-4)16-18-7-5-9-21(11-18)36-37(32,33)24-10-6-8-20(14-24)26(27,28)29/h5-15,17H,16H2,1-4H3. The highest BCUT2D eigenvalue weighted by Crippen LogP contribution is 2.31. The van der Waals surface area contributed by atoms with Gasteiger partial charge in [-0.05, 0) is 61.9 Å². The predicted octanol–water partition coefficient (Wildman–Crippen LogP) is 5.54. The summed E-state index contributed by atoms with van der Waals surface area (Å²) in [5, 5.41) is 0. The van der Waals surface area contributed by atoms with Crippen LogP contribution in [0.5, 0.6) is 17.2 Å². The van der Waals surface area contributed by atoms with Crippen molar-refractivity contribution in [1.29, 1.82) is 0 Å². The average Bonchev–Trinajstić information content (AvgIpc) is 2.86. The summed E-state index contributed by atoms with van der Waals surface area (Å²) in [4.78, 5) is 14.3. The molecule has 0 fully saturated rings. The second-order valence-corrected chi connectivity index (χ2v) is 9.88. The maximum absolute atomic E-state index is 13.3. The van der Waals surface area contributed by atoms with Gasteiger partial charge < -0.3 is 18.6 Å². The third kappa shape index (κ3) is 6.94. The van der Waals surface area contributed by atoms with Crippen LogP contribution in [-0.2, 0) is 22.8 Å². The quantitative estimate of drug-likeness (QED) is 0.334. The number of rotatable bonds is 9. The highest BCUT2D eigenvalue weighted by molar-refractivity contribution is 7.87. The smallest absolute Gasteiger partial charge is 0.416 e. The topological polar surface area (TPSA) is 82.1 Å². The van der Waals surface area contributed by atoms with Gasteiger partial charge in [0.2, 0.25) is 0 Å². The lowest BCUT2D eigenvalue weighted by Gasteiger charge is -2.27. The number of hydrogen-bond donors (Lipinski definition) is 0. The van der Waals surface area contributed by atoms with Crippen LogP contribution in [0, 0.1) is 0 Å². The number of amides is 1. The van der Waals surface area contributed by atoms with Crippen LogP contribution in [0.4, 0.5) is 13.2 Å². The fourth-order valence-corrected chi connectivity index (χ4v) is 4.45. The third-order valence-corrected chi connectivity index (χ3v) is 6.63. The molecule has 0 radical (unpaired) electrons. The van der Waals surface area contributed by atoms with Crippen molar-refractivity contribution in [3.05, 3.63) is 83.4 Å². The number of nitrogens with zero attached hydrogens (tertiary/aromatic N) is 1. The summed E-state index contributed by atoms with van der Waals surface area (Å²) < 4.78 is 80.0. The number of hydrogen-bond acceptors (Lipinski definition) is 6. The Morgan fingerprint density at radius 2 is 1.51 bits per heavy atom. The Morgan fingerprint density at radius 3 is 2.08 bits per heavy atom. The predicted molar refractivity (Wildman–Crippen MR) is 130 cm³/mol. The largest absolute Gasteiger partial charge is 0.497 e. The first kappa shape index (κ1) is 27.9. The number of halogens is 3. The molecule has 198 valence electrons. The SMILES string of the molecule is COc1cc(OC)cc(C(=O)N(Cc2cccc(OS(=O)(=O)c3cccc(C(F)(F)F)c3)c2)C(C)C)c1. The summed E-state index contributed by atoms with van der Waals surface area (Å²) in [6.45, 7) is 3.76. The molecule has 0 atom stereocenters. The van der Waals surface area contributed by atoms with Gasteiger partial charge in [0, 0.05) is 24.2 Å². The third-order valence-electron chi connectivity index (χ3n) is 5.39. The first-order chi connectivity index (χ1) is 17.3. The molecular formula is C26H26F3NO6S. The lowest BCUT2D eigenvalue weighted by Crippen LogP contribution is -2.36. The van der Waals surface area contributed by atoms with Gasteiger partial charge in [0.15, 0.2) is 0 Å². The van der Waals surface area contributed by atoms with Crippen LogP contribution in [0.1, 0.15) is 35.3 Å². The first-order valence-electron chi connectivity index (χ1n) is 11.1. The summed E-state index contributed by atoms with van der Waals surface area (Å²) in [6.07, 6.45) is -4.70. The minimum absolute atomic E-state index is 0.103. The van der Waals surface area contributed by atoms with Gasteiger partial charge in [-0.2, -0.15) is 21.6 Å². The van der Waals surface area contributed by atoms with E-state index >= 15 is 0 Å². The molecule has 0 unspecified atom stereocenters. The number of alkyl halides is 3. The average molecular weight is 538 g/mol. The molecule has 3 aromatic carbocycles. The molecule has 0 saturated carbocycles. The number of ether oxygens (including phenoxy) is 2. The minimum atomic E-state index is -4.70. The van der Waals surface area contributed by atoms with Crippen molar-refractivity contribution >= 4 is 16.0 Å². The summed E-state index contributed by atoms with van der Waals surface area (Å²) in [7, 11) is -1.59. The van der Waals surface area contributed by atoms with Gasteiger partial charge in [-0.15, -0.1) is 0 Å². The Hall–Kier alpha value is -3.73. The van der Waals surface area contributed by atoms with E-state index in [1.807, 2.05) is 13.8 Å². The molecule has 7 nitrogen and oxygen atoms in total. The van der Waals surface area contributed by atoms with Crippen molar-refractivity contribution in [1.82, 2.24) is 4.90 Å². The first-order valence-corrected chi connectivity index (χ1v) is 12.5. The molecule has 3 rings (SSSR count). The molecule has 0 aliphatic heterocycles. The van der Waals surface area contributed by atoms with Crippen molar-refractivity contribution < 1.29 is 40.0 Å². The van der Waals surface area contributed by atoms with Crippen LogP contribution < -0.4 is 13.7 Å². The summed E-state index contributed by atoms with van der Waals surface area (Å²) in [5.74, 6) is 0.479. The Morgan fingerprint density at radius 1 is 0.892 bits per heavy atom. The van der Waals surface area contributed by atoms with Crippen molar-refractivity contribution in [2.75, 3.05) is 14.2 Å². The maximum Gasteiger partial charge on any atom is 0.416 e. The van der Waals surface area contributed by atoms with Crippen molar-refractivity contribution in [3.63, 3.8) is 0 Å². The number of carbonyl (C=O) groups excluding carboxylic acids is 1. The zero-order valence-corrected chi connectivity index (χ0v) is 21.4. The van der Waals surface area contributed by atoms with Gasteiger partial charge in [-0.25, -0.2) is 0 Å². The van der Waals surface area contributed by atoms with E-state index in [-0.39, 0.29) is 24.2 Å². The molecule has 0 saturated heterocycles. The van der Waals surface area contributed by atoms with Gasteiger partial charge in [0.25, 0.3) is 5.91 Å². The number of methoxy groups -OCH3 is 2. The van der Waals surface area contributed by atoms with E-state index in [1.54, 1.807) is 29.2 Å². The highest BCUT2D eigenvalue weighted by Gasteiger charge is 2.32. The normalized spacial score (nSPS) is 11.8. The monoisotopic (exact) mass is 537 g/mol. The van der Waals surface area contributed by atoms with Crippen LogP contribution in [0.2, 0.25) is 0 Å². The summed E-state index contributed by atoms with van der Waals surface area (Å²) in [6, 6.07) is 13.9. The number of benzene rings is 3. The van der Waals surface area contributed by atoms with Crippen LogP contribution in [0.15, 0.2) is 71.6 Å². The van der Waals surface area contributed by atoms with Gasteiger partial charge >= 0.3 is 16.3 Å². The number of carbonyl (C=O) groups is 1. The second kappa shape index (κ2) is 11.1. The Bertz CT molecular complexity index is 1350. The van der Waals surface area contributed by atoms with E-state index in [0.717, 1.165) is 18.2 Å². The van der Waals surface area contributed by atoms with E-state index in [0.29, 0.717) is 28.7 Å². The van der Waals surface area contributed by atoms with Gasteiger partial charge in [0.05, 0.1) is 19.8 Å². The van der Waals surface area contributed by atoms with Gasteiger partial charge in [-0.3, -0.25) is 4.79 Å². The zero-order chi connectivity index (χ0) is 27.4. The van der Waals surface area contributed by atoms with Crippen LogP contribution in [0.3, 0.4) is 0 Å². The van der Waals surface area contributed by atoms with Crippen LogP contribution in [-0.4, -0.2) is 39.5 Å². The Kier molecular flexibility index (Phi) is 8.37. The van der Waals surface area contributed by atoms with Crippen molar-refractivity contribution in [2.24, 2.45) is 0 Å². The van der Waals surface area contributed by atoms with Crippen molar-refractivity contribution in [3.8, 4) is 17.2 Å². The Labute approximate surface area is 213 Å². The lowest BCUT2D eigenvalue weighted by molar-refractivity contribution is -0.137. The molecule has 37 heavy (non-hydrogen) atoms. The van der Waals surface area contributed by atoms with Crippen LogP contribution in [0.25, 0.3) is 0 Å². The lowest BCUT2D eigenvalue weighted by atomic mass is 10.1. The molecule has 0 bridgehead atoms. The van der Waals surface area contributed by atoms with Crippen LogP contribution >= 0.6 is 0 Å². The molecule has 0 heterocycles. The molecule has 0 aromatic heterocycles. The fraction of sp³-hybridized carbons (Fsp3) is 0.269. The molecule has 0 aliphatic rings. The molecule has 1 amide bonds. The maximum atomic E-state index is 13.3. The zero-order valence-electron chi connectivity index (χ0n) is 20.6. The fourth-order valence-electron chi connectivity index (χ4n) is 3.48. The summed E-state index contributed by atoms with van der Waals surface area (Å²) >= 11 is 0. The van der Waals surface area contributed by atoms with E-state index < -0.39 is 26.8 Å². The van der Waals surface area contributed by atoms with E-state index in [4.69, 9.17) is 13.7 Å². The molecular weight excluding hydrogens is 511 g/mol. The minimum Gasteiger partial charge on any atom is -0.497 e. The molecule has 0 aliphatic carbocycles. The molecule has 0 N–H and O–H groups in total. The molecule has 0 spiro atoms. The van der Waals surface area contributed by atoms with Gasteiger partial charge in [0.1, 0.15) is 22.1 Å². The van der Waals surface area contributed by atoms with E-state index in [1.165, 1.54) is 32.4 Å². The Balaban J connectivity index is 1.85. The molecule has 3 aromatic rings. The van der Waals surface area contributed by atoms with Crippen molar-refractivity contribution in [2.45, 2.75) is 37.5 Å². The summed E-state index contributed by atoms with van der Waals surface area (Å²) in [5.41, 5.74) is -0.218. The molecule has 11 heteroatoms. The second-order valence-electron chi connectivity index (χ2n) is 8.34. The van der Waals surface area contributed by atoms with E-state index in [9.17, 15) is 26.4 Å². The van der Waals surface area contributed by atoms with E-state index in [2.05, 4.69) is 0 Å². The van der Waals surface area contributed by atoms with Gasteiger partial charge in [-0.1, -0.05) is 18.2 Å². The highest BCUT2D eigenvalue weighted by atomic mass is 32.2.